The van der Waals surface area contributed by atoms with Gasteiger partial charge in [0.05, 0.1) is 18.3 Å². The molecule has 23 nitrogen and oxygen atoms in total. The number of aromatic hydroxyl groups is 3. The van der Waals surface area contributed by atoms with E-state index in [9.17, 15) is 77.4 Å². The van der Waals surface area contributed by atoms with Gasteiger partial charge in [0.1, 0.15) is 76.4 Å². The van der Waals surface area contributed by atoms with Gasteiger partial charge < -0.3 is 78.9 Å². The number of nitrogens with zero attached hydrogens (tertiary/aromatic N) is 2. The summed E-state index contributed by atoms with van der Waals surface area (Å²) >= 11 is 0. The topological polar surface area (TPSA) is 324 Å². The average molecular weight is 1380 g/mol. The molecule has 0 unspecified atom stereocenters. The van der Waals surface area contributed by atoms with Crippen molar-refractivity contribution in [2.75, 3.05) is 34.8 Å². The second kappa shape index (κ2) is 34.1. The maximum absolute atomic E-state index is 14.9. The fourth-order valence-corrected chi connectivity index (χ4v) is 11.2. The molecule has 8 rings (SSSR count). The number of carbonyl (C=O) groups excluding carboxylic acids is 7. The molecule has 2 saturated heterocycles. The van der Waals surface area contributed by atoms with Crippen molar-refractivity contribution >= 4 is 92.1 Å². The van der Waals surface area contributed by atoms with Gasteiger partial charge in [-0.3, -0.25) is 19.2 Å². The van der Waals surface area contributed by atoms with Gasteiger partial charge >= 0.3 is 17.9 Å². The lowest BCUT2D eigenvalue weighted by molar-refractivity contribution is -0.153. The highest BCUT2D eigenvalue weighted by molar-refractivity contribution is 6.61. The number of anilines is 3. The number of cyclic esters (lactones) is 3. The molecule has 0 aromatic heterocycles. The fraction of sp³-hybridized carbons (Fsp3) is 0.479. The molecule has 0 bridgehead atoms. The van der Waals surface area contributed by atoms with Crippen LogP contribution in [0.4, 0.5) is 39.8 Å². The molecular formula is C71H86B2F3N3O20. The number of fused-ring (bicyclic) bond motifs is 5. The van der Waals surface area contributed by atoms with E-state index in [4.69, 9.17) is 48.9 Å². The molecule has 2 fully saturated rings. The van der Waals surface area contributed by atoms with Gasteiger partial charge in [-0.1, -0.05) is 57.2 Å². The lowest BCUT2D eigenvalue weighted by atomic mass is 9.97. The van der Waals surface area contributed by atoms with Gasteiger partial charge in [0.15, 0.2) is 40.9 Å². The summed E-state index contributed by atoms with van der Waals surface area (Å²) in [6.45, 7) is 22.4. The third-order valence-electron chi connectivity index (χ3n) is 16.9. The van der Waals surface area contributed by atoms with Crippen molar-refractivity contribution in [1.29, 1.82) is 0 Å². The largest absolute Gasteiger partial charge is 0.507 e. The van der Waals surface area contributed by atoms with Crippen LogP contribution in [0.3, 0.4) is 0 Å². The summed E-state index contributed by atoms with van der Waals surface area (Å²) in [4.78, 5) is 89.6. The lowest BCUT2D eigenvalue weighted by Gasteiger charge is -2.24. The summed E-state index contributed by atoms with van der Waals surface area (Å²) in [5, 5.41) is 65.4. The molecule has 0 aliphatic carbocycles. The highest BCUT2D eigenvalue weighted by Gasteiger charge is 2.47. The fourth-order valence-electron chi connectivity index (χ4n) is 11.2. The van der Waals surface area contributed by atoms with Crippen LogP contribution in [0.2, 0.25) is 0 Å². The second-order valence-corrected chi connectivity index (χ2v) is 25.3. The van der Waals surface area contributed by atoms with Gasteiger partial charge in [-0.2, -0.15) is 0 Å². The third-order valence-corrected chi connectivity index (χ3v) is 16.9. The van der Waals surface area contributed by atoms with E-state index in [1.54, 1.807) is 99.6 Å². The molecule has 13 atom stereocenters. The van der Waals surface area contributed by atoms with Crippen molar-refractivity contribution in [2.24, 2.45) is 17.8 Å². The summed E-state index contributed by atoms with van der Waals surface area (Å²) in [6.07, 6.45) is 1.58. The number of carbonyl (C=O) groups is 7. The zero-order chi connectivity index (χ0) is 73.9. The number of phenolic OH excluding ortho intramolecular Hbond substituents is 3. The van der Waals surface area contributed by atoms with E-state index in [2.05, 4.69) is 5.32 Å². The molecule has 3 aromatic carbocycles. The van der Waals surface area contributed by atoms with Gasteiger partial charge in [-0.05, 0) is 142 Å². The van der Waals surface area contributed by atoms with Gasteiger partial charge in [-0.25, -0.2) is 27.6 Å². The van der Waals surface area contributed by atoms with E-state index in [1.807, 2.05) is 6.92 Å². The molecule has 7 N–H and O–H groups in total. The number of hydrogen-bond acceptors (Lipinski definition) is 21. The first-order valence-electron chi connectivity index (χ1n) is 32.4. The van der Waals surface area contributed by atoms with Crippen molar-refractivity contribution in [2.45, 2.75) is 182 Å². The summed E-state index contributed by atoms with van der Waals surface area (Å²) < 4.78 is 83.4. The first-order chi connectivity index (χ1) is 46.3. The predicted octanol–water partition coefficient (Wildman–Crippen LogP) is 10.5. The molecule has 0 saturated carbocycles. The molecule has 5 aliphatic heterocycles. The number of esters is 3. The minimum absolute atomic E-state index is 0.0745. The molecule has 2 amide bonds. The second-order valence-electron chi connectivity index (χ2n) is 25.3. The standard InChI is InChI=1S/C25H31BFNO7.C25H29BFNO7.C21H26FNO6/c2*1-6-28(24(26)32)16-11-15-8-7-9-19-22(35-25(4,5)34-19)21(30)17(27)10-13(2)14(3)33-23(31)20(15)18(29)12-16;1-4-23-14-9-13-6-5-7-16(24)20(27)19(26)15(22)8-11(2)12(3)29-21(28)18(13)17(25)10-14/h7-8,10-14,19,21-22,29-30H,6,9H2,1-5H3;7-8,10-14,19,22,29H,6,9H2,1-5H3;5-6,8-12,16,20,23-25,27H,4,7H2,1-3H3/b2*8-7+,17-10+;6-5+,15-8+/t13-,14+,19+,21-,22+;13-,14+,19+,22+;11-,12+,16+,20+/m111/s1. The Morgan fingerprint density at radius 3 is 1.37 bits per heavy atom. The summed E-state index contributed by atoms with van der Waals surface area (Å²) in [5.74, 6) is -14.2. The Bertz CT molecular complexity index is 3700. The van der Waals surface area contributed by atoms with Crippen molar-refractivity contribution < 1.29 is 111 Å². The number of amides is 2. The van der Waals surface area contributed by atoms with Crippen LogP contribution in [0.5, 0.6) is 17.2 Å². The Balaban J connectivity index is 0.000000235. The monoisotopic (exact) mass is 1380 g/mol. The molecular weight excluding hydrogens is 1290 g/mol. The van der Waals surface area contributed by atoms with Gasteiger partial charge in [-0.15, -0.1) is 0 Å². The zero-order valence-corrected chi connectivity index (χ0v) is 57.5. The lowest BCUT2D eigenvalue weighted by Crippen LogP contribution is -2.36. The van der Waals surface area contributed by atoms with E-state index in [1.165, 1.54) is 72.2 Å². The van der Waals surface area contributed by atoms with Crippen LogP contribution < -0.4 is 15.1 Å². The molecule has 532 valence electrons. The quantitative estimate of drug-likeness (QED) is 0.0685. The van der Waals surface area contributed by atoms with E-state index < -0.39 is 160 Å². The van der Waals surface area contributed by atoms with E-state index in [0.29, 0.717) is 29.0 Å². The number of halogens is 3. The number of aliphatic hydroxyl groups is 3. The number of hydrogen-bond donors (Lipinski definition) is 7. The SMILES string of the molecule is CCNc1cc(O)c2c(c1)/C=C/C[C@H](O)[C@H](O)C(=O)/C(F)=C\[C@@H](C)[C@H](C)OC2=O.[B]C(=O)N(CC)c1cc(O)c2c(c1)/C=C/C[C@@H]1OC(C)(C)O[C@@H]1C(=O)/C(F)=C\[C@@H](C)[C@H](C)OC2=O.[B]C(=O)N(CC)c1cc(O)c2c(c1)/C=C/C[C@@H]1OC(C)(C)O[C@@H]1[C@H](O)/C(F)=C\[C@@H](C)[C@H](C)OC2=O. The Labute approximate surface area is 575 Å². The molecule has 4 radical (unpaired) electrons. The third kappa shape index (κ3) is 20.2. The smallest absolute Gasteiger partial charge is 0.342 e. The Morgan fingerprint density at radius 2 is 0.929 bits per heavy atom. The minimum Gasteiger partial charge on any atom is -0.507 e. The van der Waals surface area contributed by atoms with Crippen LogP contribution in [0, 0.1) is 17.8 Å². The maximum atomic E-state index is 14.9. The van der Waals surface area contributed by atoms with Crippen LogP contribution in [0.15, 0.2) is 90.3 Å². The minimum atomic E-state index is -1.93. The predicted molar refractivity (Wildman–Crippen MR) is 363 cm³/mol. The molecule has 5 aliphatic rings. The summed E-state index contributed by atoms with van der Waals surface area (Å²) in [7, 11) is 10.9. The number of rotatable bonds is 6. The Morgan fingerprint density at radius 1 is 0.535 bits per heavy atom. The van der Waals surface area contributed by atoms with E-state index >= 15 is 0 Å². The molecule has 5 heterocycles. The first kappa shape index (κ1) is 79.6. The molecule has 99 heavy (non-hydrogen) atoms. The van der Waals surface area contributed by atoms with Crippen LogP contribution >= 0.6 is 0 Å². The average Bonchev–Trinajstić information content (AvgIpc) is 1.80. The molecule has 0 spiro atoms. The number of aliphatic hydroxyl groups excluding tert-OH is 3. The maximum Gasteiger partial charge on any atom is 0.342 e. The summed E-state index contributed by atoms with van der Waals surface area (Å²) in [6, 6.07) is 8.61. The van der Waals surface area contributed by atoms with Crippen molar-refractivity contribution in [3.63, 3.8) is 0 Å². The number of ether oxygens (including phenoxy) is 7. The number of phenols is 3. The van der Waals surface area contributed by atoms with Crippen molar-refractivity contribution in [3.05, 3.63) is 124 Å². The van der Waals surface area contributed by atoms with Gasteiger partial charge in [0.25, 0.3) is 0 Å². The highest BCUT2D eigenvalue weighted by atomic mass is 19.1. The number of nitrogens with one attached hydrogen (secondary N) is 1. The molecule has 28 heteroatoms. The zero-order valence-electron chi connectivity index (χ0n) is 57.5. The summed E-state index contributed by atoms with van der Waals surface area (Å²) in [5.41, 5.74) is 1.75. The first-order valence-corrected chi connectivity index (χ1v) is 32.4. The van der Waals surface area contributed by atoms with Crippen LogP contribution in [0.1, 0.15) is 157 Å². The Hall–Kier alpha value is -8.37. The molecule has 3 aromatic rings. The van der Waals surface area contributed by atoms with Crippen molar-refractivity contribution in [3.8, 4) is 17.2 Å². The normalized spacial score (nSPS) is 29.9. The van der Waals surface area contributed by atoms with Gasteiger partial charge in [0.2, 0.25) is 27.3 Å². The highest BCUT2D eigenvalue weighted by Crippen LogP contribution is 2.39. The van der Waals surface area contributed by atoms with Crippen molar-refractivity contribution in [1.82, 2.24) is 0 Å². The van der Waals surface area contributed by atoms with E-state index in [0.717, 1.165) is 12.2 Å². The van der Waals surface area contributed by atoms with Crippen LogP contribution in [-0.4, -0.2) is 180 Å². The number of Topliss-reactive ketones (excluding diaryl/α,β-unsaturated/α-hetero) is 2. The van der Waals surface area contributed by atoms with E-state index in [-0.39, 0.29) is 66.0 Å². The van der Waals surface area contributed by atoms with Gasteiger partial charge in [0, 0.05) is 72.6 Å². The number of benzene rings is 3. The number of ketones is 2. The Kier molecular flexibility index (Phi) is 27.4. The van der Waals surface area contributed by atoms with Crippen LogP contribution in [0.25, 0.3) is 18.2 Å². The van der Waals surface area contributed by atoms with Crippen LogP contribution in [-0.2, 0) is 42.7 Å².